The van der Waals surface area contributed by atoms with Crippen LogP contribution < -0.4 is 5.32 Å². The van der Waals surface area contributed by atoms with Crippen LogP contribution in [0.3, 0.4) is 0 Å². The Morgan fingerprint density at radius 2 is 2.10 bits per heavy atom. The molecular formula is C7H16ClNO. The van der Waals surface area contributed by atoms with E-state index in [1.165, 1.54) is 19.3 Å². The second kappa shape index (κ2) is 4.16. The Bertz CT molecular complexity index is 88.1. The van der Waals surface area contributed by atoms with E-state index < -0.39 is 0 Å². The number of aliphatic hydroxyl groups excluding tert-OH is 1. The maximum Gasteiger partial charge on any atom is 0.0448 e. The normalized spacial score (nSPS) is 21.0. The fraction of sp³-hybridized carbons (Fsp3) is 1.00. The third-order valence-corrected chi connectivity index (χ3v) is 2.43. The van der Waals surface area contributed by atoms with Crippen LogP contribution in [0.2, 0.25) is 0 Å². The van der Waals surface area contributed by atoms with E-state index in [0.29, 0.717) is 12.1 Å². The van der Waals surface area contributed by atoms with E-state index in [2.05, 4.69) is 5.32 Å². The van der Waals surface area contributed by atoms with Crippen LogP contribution in [0.15, 0.2) is 0 Å². The second-order valence-corrected chi connectivity index (χ2v) is 2.86. The van der Waals surface area contributed by atoms with Crippen LogP contribution >= 0.6 is 12.4 Å². The van der Waals surface area contributed by atoms with Gasteiger partial charge in [-0.2, -0.15) is 0 Å². The summed E-state index contributed by atoms with van der Waals surface area (Å²) in [5.41, 5.74) is 0.314. The summed E-state index contributed by atoms with van der Waals surface area (Å²) in [7, 11) is 1.98. The Labute approximate surface area is 68.4 Å². The summed E-state index contributed by atoms with van der Waals surface area (Å²) in [6.07, 6.45) is 4.72. The van der Waals surface area contributed by atoms with E-state index >= 15 is 0 Å². The number of rotatable bonds is 3. The Balaban J connectivity index is 0.000000810. The lowest BCUT2D eigenvalue weighted by molar-refractivity contribution is 0.141. The summed E-state index contributed by atoms with van der Waals surface area (Å²) >= 11 is 0. The molecule has 1 fully saturated rings. The molecule has 1 aliphatic rings. The summed E-state index contributed by atoms with van der Waals surface area (Å²) in [4.78, 5) is 0. The van der Waals surface area contributed by atoms with Gasteiger partial charge in [-0.1, -0.05) is 0 Å². The molecule has 1 aliphatic carbocycles. The molecule has 62 valence electrons. The quantitative estimate of drug-likeness (QED) is 0.653. The molecule has 3 heteroatoms. The van der Waals surface area contributed by atoms with Gasteiger partial charge in [-0.25, -0.2) is 0 Å². The van der Waals surface area contributed by atoms with Crippen LogP contribution in [-0.2, 0) is 0 Å². The highest BCUT2D eigenvalue weighted by Crippen LogP contribution is 2.33. The van der Waals surface area contributed by atoms with Gasteiger partial charge in [0.25, 0.3) is 0 Å². The number of halogens is 1. The number of aliphatic hydroxyl groups is 1. The molecule has 0 saturated heterocycles. The molecule has 0 aliphatic heterocycles. The summed E-state index contributed by atoms with van der Waals surface area (Å²) in [6.45, 7) is 0.320. The predicted molar refractivity (Wildman–Crippen MR) is 44.6 cm³/mol. The minimum Gasteiger partial charge on any atom is -0.396 e. The fourth-order valence-corrected chi connectivity index (χ4v) is 1.44. The summed E-state index contributed by atoms with van der Waals surface area (Å²) in [5, 5.41) is 11.9. The van der Waals surface area contributed by atoms with Crippen molar-refractivity contribution in [2.75, 3.05) is 13.7 Å². The molecule has 0 aromatic carbocycles. The topological polar surface area (TPSA) is 32.3 Å². The van der Waals surface area contributed by atoms with E-state index in [4.69, 9.17) is 5.11 Å². The highest BCUT2D eigenvalue weighted by molar-refractivity contribution is 5.85. The molecule has 1 rings (SSSR count). The minimum absolute atomic E-state index is 0. The van der Waals surface area contributed by atoms with Gasteiger partial charge in [-0.05, 0) is 32.7 Å². The van der Waals surface area contributed by atoms with Crippen molar-refractivity contribution in [3.05, 3.63) is 0 Å². The van der Waals surface area contributed by atoms with Gasteiger partial charge in [0.1, 0.15) is 0 Å². The van der Waals surface area contributed by atoms with E-state index in [1.54, 1.807) is 0 Å². The average molecular weight is 166 g/mol. The zero-order valence-electron chi connectivity index (χ0n) is 6.39. The maximum absolute atomic E-state index is 8.66. The lowest BCUT2D eigenvalue weighted by atomic mass is 9.75. The van der Waals surface area contributed by atoms with Crippen LogP contribution in [0.4, 0.5) is 0 Å². The van der Waals surface area contributed by atoms with Crippen LogP contribution in [0, 0.1) is 0 Å². The lowest BCUT2D eigenvalue weighted by Gasteiger charge is -2.41. The van der Waals surface area contributed by atoms with Gasteiger partial charge in [0.2, 0.25) is 0 Å². The summed E-state index contributed by atoms with van der Waals surface area (Å²) in [6, 6.07) is 0. The third-order valence-electron chi connectivity index (χ3n) is 2.43. The zero-order chi connectivity index (χ0) is 6.74. The number of hydrogen-bond donors (Lipinski definition) is 2. The van der Waals surface area contributed by atoms with Crippen molar-refractivity contribution in [1.29, 1.82) is 0 Å². The number of nitrogens with one attached hydrogen (secondary N) is 1. The van der Waals surface area contributed by atoms with Gasteiger partial charge in [-0.15, -0.1) is 12.4 Å². The van der Waals surface area contributed by atoms with E-state index in [1.807, 2.05) is 7.05 Å². The van der Waals surface area contributed by atoms with Gasteiger partial charge in [0.15, 0.2) is 0 Å². The van der Waals surface area contributed by atoms with Gasteiger partial charge >= 0.3 is 0 Å². The molecule has 0 aromatic rings. The Kier molecular flexibility index (Phi) is 4.25. The van der Waals surface area contributed by atoms with Crippen molar-refractivity contribution in [3.63, 3.8) is 0 Å². The first-order chi connectivity index (χ1) is 4.33. The molecule has 2 N–H and O–H groups in total. The van der Waals surface area contributed by atoms with Gasteiger partial charge in [0.05, 0.1) is 0 Å². The molecule has 0 unspecified atom stereocenters. The van der Waals surface area contributed by atoms with Crippen LogP contribution in [0.1, 0.15) is 25.7 Å². The molecule has 0 amide bonds. The molecular weight excluding hydrogens is 150 g/mol. The predicted octanol–water partition coefficient (Wildman–Crippen LogP) is 0.933. The van der Waals surface area contributed by atoms with E-state index in [0.717, 1.165) is 6.42 Å². The first-order valence-electron chi connectivity index (χ1n) is 3.63. The highest BCUT2D eigenvalue weighted by Gasteiger charge is 2.33. The Morgan fingerprint density at radius 1 is 1.50 bits per heavy atom. The van der Waals surface area contributed by atoms with Crippen molar-refractivity contribution in [1.82, 2.24) is 5.32 Å². The summed E-state index contributed by atoms with van der Waals surface area (Å²) in [5.74, 6) is 0. The van der Waals surface area contributed by atoms with Crippen molar-refractivity contribution >= 4 is 12.4 Å². The largest absolute Gasteiger partial charge is 0.396 e. The van der Waals surface area contributed by atoms with Crippen LogP contribution in [-0.4, -0.2) is 24.3 Å². The van der Waals surface area contributed by atoms with Crippen molar-refractivity contribution in [2.24, 2.45) is 0 Å². The van der Waals surface area contributed by atoms with E-state index in [9.17, 15) is 0 Å². The molecule has 1 saturated carbocycles. The first-order valence-corrected chi connectivity index (χ1v) is 3.63. The molecule has 0 aromatic heterocycles. The molecule has 0 atom stereocenters. The van der Waals surface area contributed by atoms with Gasteiger partial charge in [-0.3, -0.25) is 0 Å². The molecule has 0 spiro atoms. The average Bonchev–Trinajstić information content (AvgIpc) is 1.79. The smallest absolute Gasteiger partial charge is 0.0448 e. The first kappa shape index (κ1) is 10.2. The van der Waals surface area contributed by atoms with Crippen molar-refractivity contribution < 1.29 is 5.11 Å². The van der Waals surface area contributed by atoms with Crippen molar-refractivity contribution in [2.45, 2.75) is 31.2 Å². The molecule has 2 nitrogen and oxygen atoms in total. The molecule has 0 heterocycles. The monoisotopic (exact) mass is 165 g/mol. The van der Waals surface area contributed by atoms with Crippen LogP contribution in [0.25, 0.3) is 0 Å². The standard InChI is InChI=1S/C7H15NO.ClH/c1-8-7(5-6-9)3-2-4-7;/h8-9H,2-6H2,1H3;1H. The Morgan fingerprint density at radius 3 is 2.20 bits per heavy atom. The molecule has 0 radical (unpaired) electrons. The number of hydrogen-bond acceptors (Lipinski definition) is 2. The third kappa shape index (κ3) is 1.84. The van der Waals surface area contributed by atoms with E-state index in [-0.39, 0.29) is 12.4 Å². The SMILES string of the molecule is CNC1(CCO)CCC1.Cl. The highest BCUT2D eigenvalue weighted by atomic mass is 35.5. The Hall–Kier alpha value is 0.210. The fourth-order valence-electron chi connectivity index (χ4n) is 1.44. The zero-order valence-corrected chi connectivity index (χ0v) is 7.21. The molecule has 0 bridgehead atoms. The maximum atomic E-state index is 8.66. The van der Waals surface area contributed by atoms with Crippen LogP contribution in [0.5, 0.6) is 0 Å². The van der Waals surface area contributed by atoms with Crippen molar-refractivity contribution in [3.8, 4) is 0 Å². The molecule has 10 heavy (non-hydrogen) atoms. The lowest BCUT2D eigenvalue weighted by Crippen LogP contribution is -2.49. The van der Waals surface area contributed by atoms with Gasteiger partial charge in [0, 0.05) is 12.1 Å². The summed E-state index contributed by atoms with van der Waals surface area (Å²) < 4.78 is 0. The van der Waals surface area contributed by atoms with Gasteiger partial charge < -0.3 is 10.4 Å². The second-order valence-electron chi connectivity index (χ2n) is 2.86. The minimum atomic E-state index is 0.